The highest BCUT2D eigenvalue weighted by Gasteiger charge is 2.20. The van der Waals surface area contributed by atoms with Gasteiger partial charge in [-0.25, -0.2) is 5.48 Å². The number of nitrogens with one attached hydrogen (secondary N) is 3. The number of hydrogen-bond donors (Lipinski definition) is 6. The number of nitrogens with two attached hydrogens (primary N) is 1. The molecule has 0 aliphatic carbocycles. The second-order valence-corrected chi connectivity index (χ2v) is 5.67. The van der Waals surface area contributed by atoms with E-state index in [4.69, 9.17) is 10.9 Å². The quantitative estimate of drug-likeness (QED) is 0.241. The molecule has 0 radical (unpaired) electrons. The van der Waals surface area contributed by atoms with Crippen molar-refractivity contribution >= 4 is 11.8 Å². The van der Waals surface area contributed by atoms with Gasteiger partial charge in [-0.3, -0.25) is 9.59 Å². The van der Waals surface area contributed by atoms with Crippen LogP contribution in [0.4, 0.5) is 0 Å². The molecule has 0 aliphatic heterocycles. The van der Waals surface area contributed by atoms with E-state index in [1.165, 1.54) is 12.1 Å². The predicted molar refractivity (Wildman–Crippen MR) is 89.4 cm³/mol. The third-order valence-electron chi connectivity index (χ3n) is 3.65. The maximum absolute atomic E-state index is 12.1. The molecule has 0 fully saturated rings. The molecule has 24 heavy (non-hydrogen) atoms. The molecule has 0 saturated carbocycles. The van der Waals surface area contributed by atoms with Crippen molar-refractivity contribution in [2.24, 2.45) is 5.73 Å². The van der Waals surface area contributed by atoms with Crippen LogP contribution < -0.4 is 21.8 Å². The van der Waals surface area contributed by atoms with E-state index in [1.807, 2.05) is 7.05 Å². The lowest BCUT2D eigenvalue weighted by atomic mass is 10.0. The van der Waals surface area contributed by atoms with Crippen molar-refractivity contribution in [3.8, 4) is 5.75 Å². The molecule has 1 aromatic carbocycles. The summed E-state index contributed by atoms with van der Waals surface area (Å²) in [5, 5.41) is 24.0. The van der Waals surface area contributed by atoms with Gasteiger partial charge in [0.25, 0.3) is 0 Å². The molecule has 8 nitrogen and oxygen atoms in total. The Morgan fingerprint density at radius 3 is 2.46 bits per heavy atom. The van der Waals surface area contributed by atoms with Crippen molar-refractivity contribution in [2.45, 2.75) is 37.8 Å². The number of amides is 2. The average molecular weight is 338 g/mol. The van der Waals surface area contributed by atoms with Crippen LogP contribution in [-0.4, -0.2) is 47.8 Å². The van der Waals surface area contributed by atoms with Gasteiger partial charge in [-0.05, 0) is 44.1 Å². The molecule has 0 bridgehead atoms. The standard InChI is InChI=1S/C16H26N4O4/c1-18-8-2-3-12(20-24)10-15(22)19-14(16(17)23)9-11-4-6-13(21)7-5-11/h4-7,12,14,18,20-21,24H,2-3,8-10H2,1H3,(H2,17,23)(H,19,22)/t12-,14+/m1/s1. The van der Waals surface area contributed by atoms with Crippen LogP contribution >= 0.6 is 0 Å². The first-order chi connectivity index (χ1) is 11.5. The smallest absolute Gasteiger partial charge is 0.240 e. The van der Waals surface area contributed by atoms with Crippen LogP contribution in [0.1, 0.15) is 24.8 Å². The fraction of sp³-hybridized carbons (Fsp3) is 0.500. The van der Waals surface area contributed by atoms with Gasteiger partial charge in [0.05, 0.1) is 0 Å². The lowest BCUT2D eigenvalue weighted by Gasteiger charge is -2.19. The van der Waals surface area contributed by atoms with Crippen molar-refractivity contribution in [2.75, 3.05) is 13.6 Å². The van der Waals surface area contributed by atoms with E-state index in [1.54, 1.807) is 12.1 Å². The monoisotopic (exact) mass is 338 g/mol. The van der Waals surface area contributed by atoms with Gasteiger partial charge >= 0.3 is 0 Å². The van der Waals surface area contributed by atoms with Crippen LogP contribution in [0.5, 0.6) is 5.75 Å². The van der Waals surface area contributed by atoms with Gasteiger partial charge in [-0.2, -0.15) is 0 Å². The summed E-state index contributed by atoms with van der Waals surface area (Å²) in [5.74, 6) is -0.884. The molecule has 2 atom stereocenters. The average Bonchev–Trinajstić information content (AvgIpc) is 2.55. The highest BCUT2D eigenvalue weighted by atomic mass is 16.5. The number of hydrogen-bond acceptors (Lipinski definition) is 6. The molecule has 134 valence electrons. The first-order valence-corrected chi connectivity index (χ1v) is 7.87. The van der Waals surface area contributed by atoms with E-state index in [0.717, 1.165) is 18.5 Å². The van der Waals surface area contributed by atoms with Gasteiger partial charge < -0.3 is 26.7 Å². The summed E-state index contributed by atoms with van der Waals surface area (Å²) < 4.78 is 0. The zero-order valence-electron chi connectivity index (χ0n) is 13.8. The molecular formula is C16H26N4O4. The number of benzene rings is 1. The highest BCUT2D eigenvalue weighted by molar-refractivity contribution is 5.87. The molecule has 8 heteroatoms. The number of carbonyl (C=O) groups excluding carboxylic acids is 2. The fourth-order valence-electron chi connectivity index (χ4n) is 2.31. The fourth-order valence-corrected chi connectivity index (χ4v) is 2.31. The van der Waals surface area contributed by atoms with Crippen molar-refractivity contribution in [3.05, 3.63) is 29.8 Å². The van der Waals surface area contributed by atoms with Gasteiger partial charge in [-0.15, -0.1) is 0 Å². The number of hydroxylamine groups is 1. The van der Waals surface area contributed by atoms with Crippen LogP contribution in [0.25, 0.3) is 0 Å². The Morgan fingerprint density at radius 2 is 1.92 bits per heavy atom. The van der Waals surface area contributed by atoms with Gasteiger partial charge in [0.1, 0.15) is 11.8 Å². The van der Waals surface area contributed by atoms with E-state index in [9.17, 15) is 14.7 Å². The normalized spacial score (nSPS) is 13.2. The van der Waals surface area contributed by atoms with E-state index in [-0.39, 0.29) is 30.5 Å². The van der Waals surface area contributed by atoms with Crippen molar-refractivity contribution in [1.29, 1.82) is 0 Å². The third kappa shape index (κ3) is 7.40. The van der Waals surface area contributed by atoms with Crippen LogP contribution in [0.2, 0.25) is 0 Å². The van der Waals surface area contributed by atoms with Gasteiger partial charge in [0.15, 0.2) is 0 Å². The Bertz CT molecular complexity index is 521. The van der Waals surface area contributed by atoms with Crippen molar-refractivity contribution in [1.82, 2.24) is 16.1 Å². The summed E-state index contributed by atoms with van der Waals surface area (Å²) in [6.07, 6.45) is 1.69. The number of aromatic hydroxyl groups is 1. The predicted octanol–water partition coefficient (Wildman–Crippen LogP) is -0.358. The molecule has 1 rings (SSSR count). The summed E-state index contributed by atoms with van der Waals surface area (Å²) in [7, 11) is 1.83. The molecule has 0 saturated heterocycles. The zero-order chi connectivity index (χ0) is 17.9. The number of rotatable bonds is 11. The minimum absolute atomic E-state index is 0.0412. The van der Waals surface area contributed by atoms with Crippen LogP contribution in [0.15, 0.2) is 24.3 Å². The zero-order valence-corrected chi connectivity index (χ0v) is 13.8. The second kappa shape index (κ2) is 10.6. The Balaban J connectivity index is 2.55. The number of primary amides is 1. The van der Waals surface area contributed by atoms with E-state index in [2.05, 4.69) is 16.1 Å². The summed E-state index contributed by atoms with van der Waals surface area (Å²) in [6, 6.07) is 5.09. The largest absolute Gasteiger partial charge is 0.508 e. The molecule has 1 aromatic rings. The first-order valence-electron chi connectivity index (χ1n) is 7.87. The molecule has 0 aromatic heterocycles. The van der Waals surface area contributed by atoms with Crippen molar-refractivity contribution < 1.29 is 19.9 Å². The lowest BCUT2D eigenvalue weighted by molar-refractivity contribution is -0.128. The first kappa shape index (κ1) is 19.9. The highest BCUT2D eigenvalue weighted by Crippen LogP contribution is 2.11. The lowest BCUT2D eigenvalue weighted by Crippen LogP contribution is -2.47. The minimum Gasteiger partial charge on any atom is -0.508 e. The second-order valence-electron chi connectivity index (χ2n) is 5.67. The molecule has 2 amide bonds. The summed E-state index contributed by atoms with van der Waals surface area (Å²) in [4.78, 5) is 23.6. The molecule has 0 aliphatic rings. The van der Waals surface area contributed by atoms with E-state index in [0.29, 0.717) is 6.42 Å². The SMILES string of the molecule is CNCCC[C@H](CC(=O)N[C@@H](Cc1ccc(O)cc1)C(N)=O)NO. The maximum Gasteiger partial charge on any atom is 0.240 e. The van der Waals surface area contributed by atoms with Crippen molar-refractivity contribution in [3.63, 3.8) is 0 Å². The molecular weight excluding hydrogens is 312 g/mol. The molecule has 0 heterocycles. The minimum atomic E-state index is -0.848. The molecule has 0 spiro atoms. The van der Waals surface area contributed by atoms with E-state index >= 15 is 0 Å². The van der Waals surface area contributed by atoms with Crippen LogP contribution in [-0.2, 0) is 16.0 Å². The number of carbonyl (C=O) groups is 2. The number of phenols is 1. The van der Waals surface area contributed by atoms with E-state index < -0.39 is 11.9 Å². The molecule has 0 unspecified atom stereocenters. The van der Waals surface area contributed by atoms with Gasteiger partial charge in [0.2, 0.25) is 11.8 Å². The Hall–Kier alpha value is -2.16. The Kier molecular flexibility index (Phi) is 8.77. The van der Waals surface area contributed by atoms with Gasteiger partial charge in [-0.1, -0.05) is 12.1 Å². The van der Waals surface area contributed by atoms with Crippen LogP contribution in [0.3, 0.4) is 0 Å². The summed E-state index contributed by atoms with van der Waals surface area (Å²) in [6.45, 7) is 0.782. The van der Waals surface area contributed by atoms with Crippen LogP contribution in [0, 0.1) is 0 Å². The topological polar surface area (TPSA) is 137 Å². The Labute approximate surface area is 141 Å². The van der Waals surface area contributed by atoms with Gasteiger partial charge in [0, 0.05) is 18.9 Å². The third-order valence-corrected chi connectivity index (χ3v) is 3.65. The number of phenolic OH excluding ortho intramolecular Hbond substituents is 1. The summed E-state index contributed by atoms with van der Waals surface area (Å²) in [5.41, 5.74) is 8.23. The molecule has 7 N–H and O–H groups in total. The maximum atomic E-state index is 12.1. The Morgan fingerprint density at radius 1 is 1.25 bits per heavy atom. The summed E-state index contributed by atoms with van der Waals surface area (Å²) >= 11 is 0.